The third-order valence-electron chi connectivity index (χ3n) is 1.75. The van der Waals surface area contributed by atoms with Gasteiger partial charge in [0.15, 0.2) is 12.1 Å². The summed E-state index contributed by atoms with van der Waals surface area (Å²) in [6.07, 6.45) is -3.93. The summed E-state index contributed by atoms with van der Waals surface area (Å²) in [6, 6.07) is 0. The van der Waals surface area contributed by atoms with Crippen molar-refractivity contribution in [1.82, 2.24) is 0 Å². The zero-order chi connectivity index (χ0) is 10.6. The third-order valence-corrected chi connectivity index (χ3v) is 1.75. The molecular formula is C7H12O6. The van der Waals surface area contributed by atoms with Crippen LogP contribution in [-0.2, 0) is 9.59 Å². The van der Waals surface area contributed by atoms with Gasteiger partial charge in [0.05, 0.1) is 6.61 Å². The van der Waals surface area contributed by atoms with Crippen molar-refractivity contribution in [2.45, 2.75) is 24.7 Å². The molecule has 0 amide bonds. The first-order valence-corrected chi connectivity index (χ1v) is 3.56. The average molecular weight is 192 g/mol. The first kappa shape index (κ1) is 12.2. The van der Waals surface area contributed by atoms with E-state index < -0.39 is 30.2 Å². The zero-order valence-corrected chi connectivity index (χ0v) is 7.04. The number of hydrogen-bond donors (Lipinski definition) is 4. The fourth-order valence-corrected chi connectivity index (χ4v) is 0.754. The van der Waals surface area contributed by atoms with E-state index in [0.29, 0.717) is 0 Å². The van der Waals surface area contributed by atoms with Gasteiger partial charge in [-0.1, -0.05) is 0 Å². The van der Waals surface area contributed by atoms with Gasteiger partial charge in [0.2, 0.25) is 5.60 Å². The van der Waals surface area contributed by atoms with Crippen molar-refractivity contribution in [3.63, 3.8) is 0 Å². The summed E-state index contributed by atoms with van der Waals surface area (Å²) in [6.45, 7) is 0.0340. The maximum absolute atomic E-state index is 10.7. The van der Waals surface area contributed by atoms with Gasteiger partial charge in [-0.15, -0.1) is 0 Å². The molecule has 0 spiro atoms. The van der Waals surface area contributed by atoms with E-state index in [1.54, 1.807) is 0 Å². The van der Waals surface area contributed by atoms with Crippen LogP contribution < -0.4 is 0 Å². The molecule has 13 heavy (non-hydrogen) atoms. The fraction of sp³-hybridized carbons (Fsp3) is 0.714. The lowest BCUT2D eigenvalue weighted by atomic mass is 9.91. The quantitative estimate of drug-likeness (QED) is 0.276. The standard InChI is InChI=1S/C7H12O6/c1-4(10)7(13,3-9)6(12)5(11)2-8/h3,5-6,8,11-13H,2H2,1H3/t5-,6-,7+/m1/s1. The van der Waals surface area contributed by atoms with Gasteiger partial charge in [-0.25, -0.2) is 0 Å². The van der Waals surface area contributed by atoms with Gasteiger partial charge in [-0.3, -0.25) is 9.59 Å². The molecule has 0 aromatic carbocycles. The minimum atomic E-state index is -2.65. The van der Waals surface area contributed by atoms with E-state index in [1.165, 1.54) is 0 Å². The molecule has 0 aromatic rings. The number of ketones is 1. The number of aliphatic hydroxyl groups excluding tert-OH is 3. The Morgan fingerprint density at radius 2 is 2.00 bits per heavy atom. The van der Waals surface area contributed by atoms with E-state index in [1.807, 2.05) is 0 Å². The summed E-state index contributed by atoms with van der Waals surface area (Å²) in [4.78, 5) is 21.0. The second kappa shape index (κ2) is 4.43. The van der Waals surface area contributed by atoms with Crippen molar-refractivity contribution in [1.29, 1.82) is 0 Å². The lowest BCUT2D eigenvalue weighted by Crippen LogP contribution is -2.56. The Labute approximate surface area is 74.4 Å². The fourth-order valence-electron chi connectivity index (χ4n) is 0.754. The molecule has 4 N–H and O–H groups in total. The highest BCUT2D eigenvalue weighted by molar-refractivity contribution is 6.00. The summed E-state index contributed by atoms with van der Waals surface area (Å²) in [5.74, 6) is -0.998. The molecule has 0 saturated carbocycles. The zero-order valence-electron chi connectivity index (χ0n) is 7.04. The summed E-state index contributed by atoms with van der Waals surface area (Å²) in [5.41, 5.74) is -2.65. The molecular weight excluding hydrogens is 180 g/mol. The Bertz CT molecular complexity index is 203. The smallest absolute Gasteiger partial charge is 0.206 e. The van der Waals surface area contributed by atoms with Crippen molar-refractivity contribution < 1.29 is 30.0 Å². The maximum atomic E-state index is 10.7. The molecule has 0 aliphatic rings. The Hall–Kier alpha value is -0.820. The molecule has 0 saturated heterocycles. The lowest BCUT2D eigenvalue weighted by Gasteiger charge is -2.27. The Kier molecular flexibility index (Phi) is 4.15. The number of carbonyl (C=O) groups is 2. The Morgan fingerprint density at radius 1 is 1.54 bits per heavy atom. The number of aldehydes is 1. The van der Waals surface area contributed by atoms with Crippen LogP contribution in [0.1, 0.15) is 6.92 Å². The van der Waals surface area contributed by atoms with Crippen molar-refractivity contribution >= 4 is 12.1 Å². The molecule has 0 bridgehead atoms. The molecule has 0 aliphatic heterocycles. The SMILES string of the molecule is CC(=O)[C@@](O)(C=O)[C@H](O)[C@H](O)CO. The van der Waals surface area contributed by atoms with Gasteiger partial charge >= 0.3 is 0 Å². The molecule has 6 heteroatoms. The molecule has 76 valence electrons. The van der Waals surface area contributed by atoms with E-state index in [4.69, 9.17) is 15.3 Å². The predicted molar refractivity (Wildman–Crippen MR) is 40.8 cm³/mol. The lowest BCUT2D eigenvalue weighted by molar-refractivity contribution is -0.165. The van der Waals surface area contributed by atoms with Gasteiger partial charge in [0.1, 0.15) is 12.2 Å². The van der Waals surface area contributed by atoms with Crippen LogP contribution in [0.15, 0.2) is 0 Å². The second-order valence-corrected chi connectivity index (χ2v) is 2.69. The second-order valence-electron chi connectivity index (χ2n) is 2.69. The number of hydrogen-bond acceptors (Lipinski definition) is 6. The third kappa shape index (κ3) is 2.31. The Balaban J connectivity index is 4.76. The molecule has 0 radical (unpaired) electrons. The van der Waals surface area contributed by atoms with Crippen LogP contribution in [0.25, 0.3) is 0 Å². The highest BCUT2D eigenvalue weighted by Crippen LogP contribution is 2.12. The summed E-state index contributed by atoms with van der Waals surface area (Å²) < 4.78 is 0. The number of Topliss-reactive ketones (excluding diaryl/α,β-unsaturated/α-hetero) is 1. The van der Waals surface area contributed by atoms with Gasteiger partial charge in [-0.05, 0) is 6.92 Å². The minimum absolute atomic E-state index is 0.168. The minimum Gasteiger partial charge on any atom is -0.394 e. The monoisotopic (exact) mass is 192 g/mol. The largest absolute Gasteiger partial charge is 0.394 e. The molecule has 0 unspecified atom stereocenters. The molecule has 3 atom stereocenters. The van der Waals surface area contributed by atoms with Crippen LogP contribution in [0, 0.1) is 0 Å². The molecule has 0 rings (SSSR count). The van der Waals surface area contributed by atoms with Gasteiger partial charge in [0, 0.05) is 0 Å². The highest BCUT2D eigenvalue weighted by atomic mass is 16.4. The van der Waals surface area contributed by atoms with Crippen molar-refractivity contribution in [3.05, 3.63) is 0 Å². The summed E-state index contributed by atoms with van der Waals surface area (Å²) >= 11 is 0. The van der Waals surface area contributed by atoms with E-state index >= 15 is 0 Å². The van der Waals surface area contributed by atoms with Gasteiger partial charge in [-0.2, -0.15) is 0 Å². The topological polar surface area (TPSA) is 115 Å². The number of aliphatic hydroxyl groups is 4. The number of carbonyl (C=O) groups excluding carboxylic acids is 2. The van der Waals surface area contributed by atoms with Gasteiger partial charge in [0.25, 0.3) is 0 Å². The van der Waals surface area contributed by atoms with Crippen LogP contribution in [-0.4, -0.2) is 56.9 Å². The highest BCUT2D eigenvalue weighted by Gasteiger charge is 2.44. The van der Waals surface area contributed by atoms with Gasteiger partial charge < -0.3 is 20.4 Å². The number of rotatable bonds is 5. The summed E-state index contributed by atoms with van der Waals surface area (Å²) in [5, 5.41) is 35.6. The molecule has 0 fully saturated rings. The normalized spacial score (nSPS) is 20.1. The average Bonchev–Trinajstić information content (AvgIpc) is 2.13. The van der Waals surface area contributed by atoms with Crippen molar-refractivity contribution in [2.75, 3.05) is 6.61 Å². The molecule has 0 heterocycles. The first-order chi connectivity index (χ1) is 5.90. The van der Waals surface area contributed by atoms with E-state index in [9.17, 15) is 14.7 Å². The van der Waals surface area contributed by atoms with Crippen LogP contribution in [0.2, 0.25) is 0 Å². The molecule has 0 aromatic heterocycles. The molecule has 0 aliphatic carbocycles. The van der Waals surface area contributed by atoms with Crippen LogP contribution >= 0.6 is 0 Å². The van der Waals surface area contributed by atoms with Crippen molar-refractivity contribution in [2.24, 2.45) is 0 Å². The van der Waals surface area contributed by atoms with Crippen molar-refractivity contribution in [3.8, 4) is 0 Å². The predicted octanol–water partition coefficient (Wildman–Crippen LogP) is -2.78. The van der Waals surface area contributed by atoms with Crippen LogP contribution in [0.5, 0.6) is 0 Å². The van der Waals surface area contributed by atoms with E-state index in [2.05, 4.69) is 0 Å². The van der Waals surface area contributed by atoms with Crippen LogP contribution in [0.4, 0.5) is 0 Å². The first-order valence-electron chi connectivity index (χ1n) is 3.56. The maximum Gasteiger partial charge on any atom is 0.206 e. The summed E-state index contributed by atoms with van der Waals surface area (Å²) in [7, 11) is 0. The Morgan fingerprint density at radius 3 is 2.23 bits per heavy atom. The van der Waals surface area contributed by atoms with E-state index in [0.717, 1.165) is 6.92 Å². The van der Waals surface area contributed by atoms with E-state index in [-0.39, 0.29) is 6.29 Å². The van der Waals surface area contributed by atoms with Crippen LogP contribution in [0.3, 0.4) is 0 Å². The molecule has 6 nitrogen and oxygen atoms in total.